The molecule has 0 radical (unpaired) electrons. The van der Waals surface area contributed by atoms with Crippen molar-refractivity contribution < 1.29 is 19.8 Å². The number of carbonyl (C=O) groups excluding carboxylic acids is 2. The van der Waals surface area contributed by atoms with Crippen molar-refractivity contribution in [2.75, 3.05) is 36.9 Å². The number of nitrogens with one attached hydrogen (secondary N) is 4. The van der Waals surface area contributed by atoms with Crippen LogP contribution in [0.25, 0.3) is 0 Å². The second-order valence-corrected chi connectivity index (χ2v) is 5.78. The second kappa shape index (κ2) is 10.8. The van der Waals surface area contributed by atoms with E-state index < -0.39 is 0 Å². The van der Waals surface area contributed by atoms with E-state index in [0.29, 0.717) is 17.8 Å². The highest BCUT2D eigenvalue weighted by Crippen LogP contribution is 2.16. The van der Waals surface area contributed by atoms with Crippen LogP contribution in [0.2, 0.25) is 0 Å². The van der Waals surface area contributed by atoms with Crippen LogP contribution in [0.4, 0.5) is 21.0 Å². The number of amides is 4. The summed E-state index contributed by atoms with van der Waals surface area (Å²) in [7, 11) is 0. The third kappa shape index (κ3) is 7.35. The Labute approximate surface area is 157 Å². The number of anilines is 2. The molecule has 0 unspecified atom stereocenters. The van der Waals surface area contributed by atoms with E-state index in [2.05, 4.69) is 21.3 Å². The summed E-state index contributed by atoms with van der Waals surface area (Å²) in [6, 6.07) is 14.2. The monoisotopic (exact) mass is 372 g/mol. The minimum atomic E-state index is -0.358. The van der Waals surface area contributed by atoms with Crippen molar-refractivity contribution in [2.45, 2.75) is 6.42 Å². The van der Waals surface area contributed by atoms with Crippen LogP contribution in [0, 0.1) is 0 Å². The van der Waals surface area contributed by atoms with Gasteiger partial charge in [-0.1, -0.05) is 24.3 Å². The van der Waals surface area contributed by atoms with E-state index in [1.807, 2.05) is 48.5 Å². The first-order valence-electron chi connectivity index (χ1n) is 8.60. The molecule has 0 spiro atoms. The third-order valence-electron chi connectivity index (χ3n) is 3.63. The number of urea groups is 2. The van der Waals surface area contributed by atoms with Crippen molar-refractivity contribution in [2.24, 2.45) is 0 Å². The van der Waals surface area contributed by atoms with Crippen molar-refractivity contribution in [3.8, 4) is 0 Å². The molecule has 0 bridgehead atoms. The Morgan fingerprint density at radius 2 is 1.04 bits per heavy atom. The van der Waals surface area contributed by atoms with Crippen molar-refractivity contribution in [3.05, 3.63) is 59.7 Å². The standard InChI is InChI=1S/C19H24N4O4/c24-11-9-20-18(26)22-16-5-1-14(2-6-16)13-15-3-7-17(8-4-15)23-19(27)21-10-12-25/h1-8,24-25H,9-13H2,(H2,20,22,26)(H2,21,23,27). The van der Waals surface area contributed by atoms with E-state index in [1.165, 1.54) is 0 Å². The Hall–Kier alpha value is -3.10. The van der Waals surface area contributed by atoms with E-state index in [9.17, 15) is 9.59 Å². The average molecular weight is 372 g/mol. The van der Waals surface area contributed by atoms with Gasteiger partial charge in [0.25, 0.3) is 0 Å². The Morgan fingerprint density at radius 3 is 1.37 bits per heavy atom. The normalized spacial score (nSPS) is 10.1. The molecule has 6 N–H and O–H groups in total. The molecule has 0 heterocycles. The summed E-state index contributed by atoms with van der Waals surface area (Å²) in [5.74, 6) is 0. The molecular weight excluding hydrogens is 348 g/mol. The van der Waals surface area contributed by atoms with Gasteiger partial charge in [0, 0.05) is 24.5 Å². The number of rotatable bonds is 8. The fourth-order valence-corrected chi connectivity index (χ4v) is 2.34. The van der Waals surface area contributed by atoms with Gasteiger partial charge < -0.3 is 31.5 Å². The van der Waals surface area contributed by atoms with Gasteiger partial charge in [-0.25, -0.2) is 9.59 Å². The SMILES string of the molecule is O=C(NCCO)Nc1ccc(Cc2ccc(NC(=O)NCCO)cc2)cc1. The van der Waals surface area contributed by atoms with Gasteiger partial charge in [0.2, 0.25) is 0 Å². The molecule has 0 atom stereocenters. The molecule has 2 rings (SSSR count). The summed E-state index contributed by atoms with van der Waals surface area (Å²) < 4.78 is 0. The van der Waals surface area contributed by atoms with Crippen LogP contribution in [-0.2, 0) is 6.42 Å². The number of hydrogen-bond donors (Lipinski definition) is 6. The zero-order valence-corrected chi connectivity index (χ0v) is 14.9. The van der Waals surface area contributed by atoms with E-state index in [1.54, 1.807) is 0 Å². The lowest BCUT2D eigenvalue weighted by atomic mass is 10.0. The molecule has 27 heavy (non-hydrogen) atoms. The summed E-state index contributed by atoms with van der Waals surface area (Å²) in [5.41, 5.74) is 3.50. The molecule has 144 valence electrons. The topological polar surface area (TPSA) is 123 Å². The molecular formula is C19H24N4O4. The minimum absolute atomic E-state index is 0.103. The molecule has 8 heteroatoms. The average Bonchev–Trinajstić information content (AvgIpc) is 2.68. The smallest absolute Gasteiger partial charge is 0.319 e. The minimum Gasteiger partial charge on any atom is -0.395 e. The lowest BCUT2D eigenvalue weighted by molar-refractivity contribution is 0.244. The Bertz CT molecular complexity index is 669. The van der Waals surface area contributed by atoms with Gasteiger partial charge in [-0.05, 0) is 41.8 Å². The highest BCUT2D eigenvalue weighted by molar-refractivity contribution is 5.89. The molecule has 4 amide bonds. The quantitative estimate of drug-likeness (QED) is 0.420. The lowest BCUT2D eigenvalue weighted by Gasteiger charge is -2.09. The number of hydrogen-bond acceptors (Lipinski definition) is 4. The molecule has 2 aromatic carbocycles. The van der Waals surface area contributed by atoms with Gasteiger partial charge >= 0.3 is 12.1 Å². The highest BCUT2D eigenvalue weighted by Gasteiger charge is 2.03. The number of carbonyl (C=O) groups is 2. The molecule has 8 nitrogen and oxygen atoms in total. The van der Waals surface area contributed by atoms with E-state index in [-0.39, 0.29) is 38.4 Å². The molecule has 2 aromatic rings. The first-order chi connectivity index (χ1) is 13.1. The Balaban J connectivity index is 1.86. The largest absolute Gasteiger partial charge is 0.395 e. The van der Waals surface area contributed by atoms with Crippen LogP contribution in [0.5, 0.6) is 0 Å². The van der Waals surface area contributed by atoms with Crippen LogP contribution < -0.4 is 21.3 Å². The second-order valence-electron chi connectivity index (χ2n) is 5.78. The van der Waals surface area contributed by atoms with Gasteiger partial charge in [-0.2, -0.15) is 0 Å². The van der Waals surface area contributed by atoms with Crippen LogP contribution in [0.15, 0.2) is 48.5 Å². The molecule has 0 saturated carbocycles. The molecule has 0 aliphatic rings. The summed E-state index contributed by atoms with van der Waals surface area (Å²) in [6.07, 6.45) is 0.716. The zero-order valence-electron chi connectivity index (χ0n) is 14.9. The Morgan fingerprint density at radius 1 is 0.667 bits per heavy atom. The maximum Gasteiger partial charge on any atom is 0.319 e. The summed E-state index contributed by atoms with van der Waals surface area (Å²) in [5, 5.41) is 27.8. The van der Waals surface area contributed by atoms with Gasteiger partial charge in [0.05, 0.1) is 13.2 Å². The van der Waals surface area contributed by atoms with Crippen LogP contribution in [0.3, 0.4) is 0 Å². The first kappa shape index (κ1) is 20.2. The number of aliphatic hydroxyl groups is 2. The molecule has 0 aliphatic heterocycles. The third-order valence-corrected chi connectivity index (χ3v) is 3.63. The summed E-state index contributed by atoms with van der Waals surface area (Å²) >= 11 is 0. The van der Waals surface area contributed by atoms with Gasteiger partial charge in [-0.15, -0.1) is 0 Å². The van der Waals surface area contributed by atoms with Crippen molar-refractivity contribution in [3.63, 3.8) is 0 Å². The van der Waals surface area contributed by atoms with E-state index >= 15 is 0 Å². The fraction of sp³-hybridized carbons (Fsp3) is 0.263. The van der Waals surface area contributed by atoms with Gasteiger partial charge in [0.1, 0.15) is 0 Å². The zero-order chi connectivity index (χ0) is 19.5. The predicted molar refractivity (Wildman–Crippen MR) is 104 cm³/mol. The maximum absolute atomic E-state index is 11.5. The number of benzene rings is 2. The molecule has 0 aliphatic carbocycles. The van der Waals surface area contributed by atoms with E-state index in [0.717, 1.165) is 11.1 Å². The first-order valence-corrected chi connectivity index (χ1v) is 8.60. The number of aliphatic hydroxyl groups excluding tert-OH is 2. The van der Waals surface area contributed by atoms with Gasteiger partial charge in [0.15, 0.2) is 0 Å². The van der Waals surface area contributed by atoms with Crippen LogP contribution in [-0.4, -0.2) is 48.6 Å². The van der Waals surface area contributed by atoms with Crippen molar-refractivity contribution >= 4 is 23.4 Å². The maximum atomic E-state index is 11.5. The van der Waals surface area contributed by atoms with Crippen molar-refractivity contribution in [1.29, 1.82) is 0 Å². The lowest BCUT2D eigenvalue weighted by Crippen LogP contribution is -2.30. The van der Waals surface area contributed by atoms with Crippen LogP contribution in [0.1, 0.15) is 11.1 Å². The molecule has 0 aromatic heterocycles. The Kier molecular flexibility index (Phi) is 8.08. The highest BCUT2D eigenvalue weighted by atomic mass is 16.3. The summed E-state index contributed by atoms with van der Waals surface area (Å²) in [6.45, 7) is 0.206. The van der Waals surface area contributed by atoms with Crippen molar-refractivity contribution in [1.82, 2.24) is 10.6 Å². The molecule has 0 fully saturated rings. The summed E-state index contributed by atoms with van der Waals surface area (Å²) in [4.78, 5) is 23.1. The van der Waals surface area contributed by atoms with Crippen LogP contribution >= 0.6 is 0 Å². The fourth-order valence-electron chi connectivity index (χ4n) is 2.34. The molecule has 0 saturated heterocycles. The predicted octanol–water partition coefficient (Wildman–Crippen LogP) is 1.50. The van der Waals surface area contributed by atoms with E-state index in [4.69, 9.17) is 10.2 Å². The van der Waals surface area contributed by atoms with Gasteiger partial charge in [-0.3, -0.25) is 0 Å².